The molecule has 0 bridgehead atoms. The summed E-state index contributed by atoms with van der Waals surface area (Å²) in [5.41, 5.74) is 12.3. The molecular formula is C51H36N2. The van der Waals surface area contributed by atoms with Crippen molar-refractivity contribution in [2.45, 2.75) is 19.3 Å². The van der Waals surface area contributed by atoms with Gasteiger partial charge in [0.15, 0.2) is 0 Å². The summed E-state index contributed by atoms with van der Waals surface area (Å²) in [4.78, 5) is 2.45. The second kappa shape index (κ2) is 11.2. The number of aromatic nitrogens is 1. The van der Waals surface area contributed by atoms with Crippen LogP contribution in [0.25, 0.3) is 70.9 Å². The van der Waals surface area contributed by atoms with Crippen molar-refractivity contribution in [1.82, 2.24) is 4.57 Å². The molecule has 1 aliphatic rings. The molecule has 53 heavy (non-hydrogen) atoms. The highest BCUT2D eigenvalue weighted by Crippen LogP contribution is 2.52. The van der Waals surface area contributed by atoms with Gasteiger partial charge < -0.3 is 9.47 Å². The van der Waals surface area contributed by atoms with E-state index in [0.717, 1.165) is 11.4 Å². The van der Waals surface area contributed by atoms with Gasteiger partial charge >= 0.3 is 0 Å². The average Bonchev–Trinajstić information content (AvgIpc) is 3.64. The number of hydrogen-bond acceptors (Lipinski definition) is 1. The second-order valence-electron chi connectivity index (χ2n) is 15.0. The molecule has 0 atom stereocenters. The second-order valence-corrected chi connectivity index (χ2v) is 15.0. The van der Waals surface area contributed by atoms with E-state index in [2.05, 4.69) is 205 Å². The van der Waals surface area contributed by atoms with Crippen molar-refractivity contribution >= 4 is 71.2 Å². The third-order valence-corrected chi connectivity index (χ3v) is 11.7. The minimum Gasteiger partial charge on any atom is -0.310 e. The molecule has 9 aromatic carbocycles. The molecule has 0 spiro atoms. The van der Waals surface area contributed by atoms with Gasteiger partial charge in [0.1, 0.15) is 0 Å². The normalized spacial score (nSPS) is 13.2. The molecule has 10 aromatic rings. The molecule has 1 aliphatic carbocycles. The van der Waals surface area contributed by atoms with Crippen LogP contribution in [-0.4, -0.2) is 4.57 Å². The van der Waals surface area contributed by atoms with E-state index in [4.69, 9.17) is 0 Å². The summed E-state index contributed by atoms with van der Waals surface area (Å²) in [7, 11) is 0. The number of para-hydroxylation sites is 1. The predicted octanol–water partition coefficient (Wildman–Crippen LogP) is 14.0. The van der Waals surface area contributed by atoms with Crippen LogP contribution in [0.3, 0.4) is 0 Å². The Morgan fingerprint density at radius 2 is 0.981 bits per heavy atom. The lowest BCUT2D eigenvalue weighted by Crippen LogP contribution is -2.17. The molecule has 250 valence electrons. The fraction of sp³-hybridized carbons (Fsp3) is 0.0588. The smallest absolute Gasteiger partial charge is 0.0547 e. The summed E-state index contributed by atoms with van der Waals surface area (Å²) in [5, 5.41) is 10.0. The number of nitrogens with zero attached hydrogens (tertiary/aromatic N) is 2. The van der Waals surface area contributed by atoms with Crippen molar-refractivity contribution in [3.05, 3.63) is 193 Å². The van der Waals surface area contributed by atoms with E-state index in [1.807, 2.05) is 0 Å². The molecule has 0 radical (unpaired) electrons. The largest absolute Gasteiger partial charge is 0.310 e. The molecule has 0 N–H and O–H groups in total. The van der Waals surface area contributed by atoms with E-state index in [-0.39, 0.29) is 5.41 Å². The van der Waals surface area contributed by atoms with E-state index in [1.54, 1.807) is 0 Å². The van der Waals surface area contributed by atoms with Crippen LogP contribution < -0.4 is 4.90 Å². The van der Waals surface area contributed by atoms with Crippen LogP contribution in [0.15, 0.2) is 182 Å². The summed E-state index contributed by atoms with van der Waals surface area (Å²) < 4.78 is 2.46. The summed E-state index contributed by atoms with van der Waals surface area (Å²) in [6.07, 6.45) is 0. The molecular weight excluding hydrogens is 641 g/mol. The molecule has 1 heterocycles. The van der Waals surface area contributed by atoms with Gasteiger partial charge in [-0.15, -0.1) is 0 Å². The predicted molar refractivity (Wildman–Crippen MR) is 226 cm³/mol. The van der Waals surface area contributed by atoms with Gasteiger partial charge in [0, 0.05) is 38.6 Å². The first-order valence-corrected chi connectivity index (χ1v) is 18.5. The Kier molecular flexibility index (Phi) is 6.33. The van der Waals surface area contributed by atoms with Crippen molar-refractivity contribution in [1.29, 1.82) is 0 Å². The highest BCUT2D eigenvalue weighted by molar-refractivity contribution is 6.13. The lowest BCUT2D eigenvalue weighted by molar-refractivity contribution is 0.660. The standard InChI is InChI=1S/C51H36N2/c1-51(2)46-31-39(52(38-23-22-33-12-3-4-14-35(33)28-38)48-21-11-17-34-13-7-8-18-41(34)48)24-26-42(46)43-27-25-40(32-47(43)51)53-49-20-10-9-19-44(49)45-29-36-15-5-6-16-37(36)30-50(45)53/h3-32H,1-2H3. The van der Waals surface area contributed by atoms with Crippen molar-refractivity contribution in [2.75, 3.05) is 4.90 Å². The maximum atomic E-state index is 2.46. The van der Waals surface area contributed by atoms with E-state index in [0.29, 0.717) is 0 Å². The van der Waals surface area contributed by atoms with Crippen molar-refractivity contribution in [2.24, 2.45) is 0 Å². The third kappa shape index (κ3) is 4.45. The molecule has 0 fully saturated rings. The number of hydrogen-bond donors (Lipinski definition) is 0. The first-order chi connectivity index (χ1) is 26.0. The van der Waals surface area contributed by atoms with E-state index < -0.39 is 0 Å². The lowest BCUT2D eigenvalue weighted by Gasteiger charge is -2.29. The number of fused-ring (bicyclic) bond motifs is 9. The minimum absolute atomic E-state index is 0.212. The van der Waals surface area contributed by atoms with Crippen LogP contribution in [0, 0.1) is 0 Å². The number of anilines is 3. The van der Waals surface area contributed by atoms with Crippen molar-refractivity contribution < 1.29 is 0 Å². The SMILES string of the molecule is CC1(C)c2cc(N(c3ccc4ccccc4c3)c3cccc4ccccc34)ccc2-c2ccc(-n3c4ccccc4c4cc5ccccc5cc43)cc21. The minimum atomic E-state index is -0.212. The van der Waals surface area contributed by atoms with Crippen LogP contribution in [0.5, 0.6) is 0 Å². The fourth-order valence-electron chi connectivity index (χ4n) is 9.07. The lowest BCUT2D eigenvalue weighted by atomic mass is 9.82. The van der Waals surface area contributed by atoms with Gasteiger partial charge in [0.05, 0.1) is 16.7 Å². The maximum absolute atomic E-state index is 2.46. The van der Waals surface area contributed by atoms with Gasteiger partial charge in [-0.2, -0.15) is 0 Å². The fourth-order valence-corrected chi connectivity index (χ4v) is 9.07. The van der Waals surface area contributed by atoms with E-state index in [1.165, 1.54) is 87.8 Å². The Morgan fingerprint density at radius 1 is 0.396 bits per heavy atom. The summed E-state index contributed by atoms with van der Waals surface area (Å²) in [5.74, 6) is 0. The Balaban J connectivity index is 1.09. The molecule has 2 nitrogen and oxygen atoms in total. The van der Waals surface area contributed by atoms with Crippen LogP contribution >= 0.6 is 0 Å². The van der Waals surface area contributed by atoms with Gasteiger partial charge in [-0.3, -0.25) is 0 Å². The Hall–Kier alpha value is -6.64. The number of benzene rings is 9. The monoisotopic (exact) mass is 676 g/mol. The zero-order valence-electron chi connectivity index (χ0n) is 29.7. The van der Waals surface area contributed by atoms with Crippen LogP contribution in [0.4, 0.5) is 17.1 Å². The molecule has 1 aromatic heterocycles. The Morgan fingerprint density at radius 3 is 1.79 bits per heavy atom. The Labute approximate surface area is 308 Å². The molecule has 0 saturated heterocycles. The maximum Gasteiger partial charge on any atom is 0.0547 e. The van der Waals surface area contributed by atoms with E-state index in [9.17, 15) is 0 Å². The quantitative estimate of drug-likeness (QED) is 0.180. The van der Waals surface area contributed by atoms with Gasteiger partial charge in [-0.25, -0.2) is 0 Å². The first-order valence-electron chi connectivity index (χ1n) is 18.5. The van der Waals surface area contributed by atoms with E-state index >= 15 is 0 Å². The van der Waals surface area contributed by atoms with Gasteiger partial charge in [-0.1, -0.05) is 135 Å². The number of rotatable bonds is 4. The van der Waals surface area contributed by atoms with Crippen LogP contribution in [0.2, 0.25) is 0 Å². The summed E-state index contributed by atoms with van der Waals surface area (Å²) in [6.45, 7) is 4.78. The molecule has 2 heteroatoms. The summed E-state index contributed by atoms with van der Waals surface area (Å²) >= 11 is 0. The van der Waals surface area contributed by atoms with Gasteiger partial charge in [-0.05, 0) is 110 Å². The zero-order valence-corrected chi connectivity index (χ0v) is 29.7. The van der Waals surface area contributed by atoms with Crippen LogP contribution in [-0.2, 0) is 5.41 Å². The van der Waals surface area contributed by atoms with Crippen LogP contribution in [0.1, 0.15) is 25.0 Å². The topological polar surface area (TPSA) is 8.17 Å². The zero-order chi connectivity index (χ0) is 35.3. The average molecular weight is 677 g/mol. The Bertz CT molecular complexity index is 3100. The molecule has 0 unspecified atom stereocenters. The van der Waals surface area contributed by atoms with Crippen molar-refractivity contribution in [3.8, 4) is 16.8 Å². The molecule has 0 amide bonds. The van der Waals surface area contributed by atoms with Gasteiger partial charge in [0.25, 0.3) is 0 Å². The van der Waals surface area contributed by atoms with Gasteiger partial charge in [0.2, 0.25) is 0 Å². The third-order valence-electron chi connectivity index (χ3n) is 11.7. The van der Waals surface area contributed by atoms with Crippen molar-refractivity contribution in [3.63, 3.8) is 0 Å². The first kappa shape index (κ1) is 30.0. The summed E-state index contributed by atoms with van der Waals surface area (Å²) in [6, 6.07) is 67.3. The highest BCUT2D eigenvalue weighted by Gasteiger charge is 2.36. The highest BCUT2D eigenvalue weighted by atomic mass is 15.1. The molecule has 0 saturated carbocycles. The molecule has 11 rings (SSSR count). The molecule has 0 aliphatic heterocycles.